The van der Waals surface area contributed by atoms with Crippen molar-refractivity contribution in [3.8, 4) is 5.75 Å². The van der Waals surface area contributed by atoms with Crippen molar-refractivity contribution in [1.82, 2.24) is 0 Å². The van der Waals surface area contributed by atoms with Crippen molar-refractivity contribution in [3.05, 3.63) is 65.7 Å². The van der Waals surface area contributed by atoms with Gasteiger partial charge in [0.2, 0.25) is 0 Å². The molecule has 0 amide bonds. The van der Waals surface area contributed by atoms with Crippen molar-refractivity contribution in [1.29, 1.82) is 0 Å². The molecule has 0 saturated heterocycles. The molecule has 2 aromatic rings. The molecule has 0 aliphatic heterocycles. The van der Waals surface area contributed by atoms with E-state index in [1.165, 1.54) is 11.1 Å². The zero-order chi connectivity index (χ0) is 16.5. The summed E-state index contributed by atoms with van der Waals surface area (Å²) in [6.07, 6.45) is 2.54. The molecular formula is C19H23NO3. The van der Waals surface area contributed by atoms with Crippen LogP contribution in [0.4, 0.5) is 0 Å². The van der Waals surface area contributed by atoms with Gasteiger partial charge in [0.1, 0.15) is 11.9 Å². The van der Waals surface area contributed by atoms with Crippen molar-refractivity contribution < 1.29 is 14.4 Å². The smallest absolute Gasteiger partial charge is 0.328 e. The van der Waals surface area contributed by atoms with Crippen LogP contribution in [0.5, 0.6) is 5.75 Å². The maximum Gasteiger partial charge on any atom is 0.328 e. The summed E-state index contributed by atoms with van der Waals surface area (Å²) in [5, 5.41) is 0. The minimum Gasteiger partial charge on any atom is -0.490 e. The van der Waals surface area contributed by atoms with E-state index in [1.54, 1.807) is 0 Å². The third kappa shape index (κ3) is 5.75. The van der Waals surface area contributed by atoms with Gasteiger partial charge in [0.05, 0.1) is 6.42 Å². The van der Waals surface area contributed by atoms with Gasteiger partial charge in [-0.05, 0) is 36.1 Å². The first-order valence-electron chi connectivity index (χ1n) is 7.90. The Morgan fingerprint density at radius 1 is 1.04 bits per heavy atom. The van der Waals surface area contributed by atoms with Crippen molar-refractivity contribution in [2.24, 2.45) is 5.90 Å². The van der Waals surface area contributed by atoms with E-state index in [0.29, 0.717) is 0 Å². The Labute approximate surface area is 137 Å². The second-order valence-corrected chi connectivity index (χ2v) is 5.53. The number of nitrogens with two attached hydrogens (primary N) is 1. The predicted octanol–water partition coefficient (Wildman–Crippen LogP) is 3.63. The zero-order valence-corrected chi connectivity index (χ0v) is 13.4. The van der Waals surface area contributed by atoms with Crippen LogP contribution in [0.2, 0.25) is 0 Å². The van der Waals surface area contributed by atoms with Gasteiger partial charge in [-0.2, -0.15) is 5.90 Å². The lowest BCUT2D eigenvalue weighted by molar-refractivity contribution is -0.146. The molecule has 0 aliphatic carbocycles. The number of carbonyl (C=O) groups is 1. The van der Waals surface area contributed by atoms with E-state index in [1.807, 2.05) is 49.4 Å². The molecule has 122 valence electrons. The summed E-state index contributed by atoms with van der Waals surface area (Å²) >= 11 is 0. The average molecular weight is 313 g/mol. The van der Waals surface area contributed by atoms with Crippen molar-refractivity contribution >= 4 is 5.97 Å². The monoisotopic (exact) mass is 313 g/mol. The molecule has 0 saturated carbocycles. The fourth-order valence-corrected chi connectivity index (χ4v) is 2.47. The number of hydrogen-bond donors (Lipinski definition) is 1. The molecule has 0 heterocycles. The summed E-state index contributed by atoms with van der Waals surface area (Å²) in [5.74, 6) is 5.20. The van der Waals surface area contributed by atoms with E-state index < -0.39 is 5.97 Å². The number of hydrogen-bond acceptors (Lipinski definition) is 4. The Morgan fingerprint density at radius 3 is 2.30 bits per heavy atom. The molecule has 4 heteroatoms. The minimum atomic E-state index is -0.454. The normalized spacial score (nSPS) is 11.7. The van der Waals surface area contributed by atoms with E-state index in [2.05, 4.69) is 17.0 Å². The molecule has 0 aromatic heterocycles. The van der Waals surface area contributed by atoms with Crippen LogP contribution in [0.25, 0.3) is 0 Å². The number of ether oxygens (including phenoxy) is 1. The maximum absolute atomic E-state index is 11.3. The van der Waals surface area contributed by atoms with E-state index in [0.717, 1.165) is 25.0 Å². The molecule has 2 rings (SSSR count). The third-order valence-electron chi connectivity index (χ3n) is 3.61. The first-order chi connectivity index (χ1) is 11.2. The molecule has 1 atom stereocenters. The van der Waals surface area contributed by atoms with Gasteiger partial charge in [-0.1, -0.05) is 55.8 Å². The molecule has 0 spiro atoms. The number of rotatable bonds is 8. The molecule has 0 radical (unpaired) electrons. The van der Waals surface area contributed by atoms with Gasteiger partial charge in [-0.3, -0.25) is 4.79 Å². The van der Waals surface area contributed by atoms with Gasteiger partial charge in [-0.15, -0.1) is 0 Å². The van der Waals surface area contributed by atoms with Crippen molar-refractivity contribution in [2.75, 3.05) is 0 Å². The Kier molecular flexibility index (Phi) is 6.63. The van der Waals surface area contributed by atoms with Crippen LogP contribution in [0, 0.1) is 0 Å². The van der Waals surface area contributed by atoms with Crippen LogP contribution in [-0.2, 0) is 16.1 Å². The first-order valence-corrected chi connectivity index (χ1v) is 7.90. The van der Waals surface area contributed by atoms with Gasteiger partial charge in [0.25, 0.3) is 0 Å². The molecular weight excluding hydrogens is 290 g/mol. The van der Waals surface area contributed by atoms with Gasteiger partial charge >= 0.3 is 5.97 Å². The highest BCUT2D eigenvalue weighted by molar-refractivity contribution is 5.69. The molecule has 0 bridgehead atoms. The summed E-state index contributed by atoms with van der Waals surface area (Å²) in [6, 6.07) is 18.3. The van der Waals surface area contributed by atoms with E-state index in [-0.39, 0.29) is 12.5 Å². The summed E-state index contributed by atoms with van der Waals surface area (Å²) in [5.41, 5.74) is 2.49. The van der Waals surface area contributed by atoms with Crippen LogP contribution in [0.3, 0.4) is 0 Å². The fraction of sp³-hybridized carbons (Fsp3) is 0.316. The van der Waals surface area contributed by atoms with Crippen molar-refractivity contribution in [2.45, 2.75) is 38.7 Å². The maximum atomic E-state index is 11.3. The standard InChI is InChI=1S/C19H23NO3/c1-2-6-18(14-19(21)23-20)22-17-11-9-16(10-12-17)13-15-7-4-3-5-8-15/h3-5,7-12,18H,2,6,13-14,20H2,1H3. The Hall–Kier alpha value is -2.33. The molecule has 0 fully saturated rings. The van der Waals surface area contributed by atoms with Crippen molar-refractivity contribution in [3.63, 3.8) is 0 Å². The predicted molar refractivity (Wildman–Crippen MR) is 89.9 cm³/mol. The molecule has 2 aromatic carbocycles. The summed E-state index contributed by atoms with van der Waals surface area (Å²) in [6.45, 7) is 2.05. The molecule has 1 unspecified atom stereocenters. The lowest BCUT2D eigenvalue weighted by atomic mass is 10.1. The van der Waals surface area contributed by atoms with Gasteiger partial charge in [-0.25, -0.2) is 0 Å². The van der Waals surface area contributed by atoms with E-state index in [9.17, 15) is 4.79 Å². The highest BCUT2D eigenvalue weighted by atomic mass is 16.7. The summed E-state index contributed by atoms with van der Waals surface area (Å²) in [7, 11) is 0. The summed E-state index contributed by atoms with van der Waals surface area (Å²) < 4.78 is 5.88. The van der Waals surface area contributed by atoms with Crippen LogP contribution < -0.4 is 10.6 Å². The SMILES string of the molecule is CCCC(CC(=O)ON)Oc1ccc(Cc2ccccc2)cc1. The van der Waals surface area contributed by atoms with Gasteiger partial charge in [0.15, 0.2) is 0 Å². The van der Waals surface area contributed by atoms with Crippen LogP contribution >= 0.6 is 0 Å². The topological polar surface area (TPSA) is 61.5 Å². The van der Waals surface area contributed by atoms with Crippen LogP contribution in [0.1, 0.15) is 37.3 Å². The van der Waals surface area contributed by atoms with Gasteiger partial charge in [0, 0.05) is 0 Å². The fourth-order valence-electron chi connectivity index (χ4n) is 2.47. The highest BCUT2D eigenvalue weighted by Gasteiger charge is 2.15. The minimum absolute atomic E-state index is 0.163. The second kappa shape index (κ2) is 8.96. The largest absolute Gasteiger partial charge is 0.490 e. The highest BCUT2D eigenvalue weighted by Crippen LogP contribution is 2.19. The quantitative estimate of drug-likeness (QED) is 0.756. The zero-order valence-electron chi connectivity index (χ0n) is 13.4. The molecule has 4 nitrogen and oxygen atoms in total. The molecule has 23 heavy (non-hydrogen) atoms. The Balaban J connectivity index is 1.96. The van der Waals surface area contributed by atoms with Gasteiger partial charge < -0.3 is 9.57 Å². The second-order valence-electron chi connectivity index (χ2n) is 5.53. The third-order valence-corrected chi connectivity index (χ3v) is 3.61. The Morgan fingerprint density at radius 2 is 1.70 bits per heavy atom. The van der Waals surface area contributed by atoms with E-state index in [4.69, 9.17) is 10.6 Å². The Bertz CT molecular complexity index is 596. The summed E-state index contributed by atoms with van der Waals surface area (Å²) in [4.78, 5) is 15.5. The molecule has 0 aliphatic rings. The lowest BCUT2D eigenvalue weighted by Crippen LogP contribution is -2.23. The number of carbonyl (C=O) groups excluding carboxylic acids is 1. The number of benzene rings is 2. The first kappa shape index (κ1) is 17.0. The van der Waals surface area contributed by atoms with Crippen LogP contribution in [-0.4, -0.2) is 12.1 Å². The van der Waals surface area contributed by atoms with E-state index >= 15 is 0 Å². The lowest BCUT2D eigenvalue weighted by Gasteiger charge is -2.17. The van der Waals surface area contributed by atoms with Crippen LogP contribution in [0.15, 0.2) is 54.6 Å². The average Bonchev–Trinajstić information content (AvgIpc) is 2.57. The molecule has 2 N–H and O–H groups in total.